The molecule has 2 aromatic carbocycles. The average molecular weight is 252 g/mol. The van der Waals surface area contributed by atoms with Gasteiger partial charge in [-0.2, -0.15) is 0 Å². The summed E-state index contributed by atoms with van der Waals surface area (Å²) in [6, 6.07) is 18.6. The molecular weight excluding hydrogens is 228 g/mol. The smallest absolute Gasteiger partial charge is 0.0395 e. The number of aryl methyl sites for hydroxylation is 3. The van der Waals surface area contributed by atoms with E-state index in [1.807, 2.05) is 18.2 Å². The Kier molecular flexibility index (Phi) is 9.83. The van der Waals surface area contributed by atoms with E-state index >= 15 is 0 Å². The molecule has 0 bridgehead atoms. The highest BCUT2D eigenvalue weighted by Gasteiger charge is 1.83. The summed E-state index contributed by atoms with van der Waals surface area (Å²) >= 11 is 0. The third-order valence-corrected chi connectivity index (χ3v) is 2.53. The van der Waals surface area contributed by atoms with Gasteiger partial charge in [0.05, 0.1) is 0 Å². The second-order valence-electron chi connectivity index (χ2n) is 4.21. The van der Waals surface area contributed by atoms with Gasteiger partial charge >= 0.3 is 0 Å². The van der Waals surface area contributed by atoms with Crippen molar-refractivity contribution in [1.82, 2.24) is 0 Å². The van der Waals surface area contributed by atoms with Crippen LogP contribution in [-0.4, -0.2) is 0 Å². The largest absolute Gasteiger partial charge is 0.0991 e. The van der Waals surface area contributed by atoms with Gasteiger partial charge in [0.25, 0.3) is 0 Å². The number of allylic oxidation sites excluding steroid dienone is 2. The lowest BCUT2D eigenvalue weighted by atomic mass is 10.1. The Balaban J connectivity index is 0.000000272. The lowest BCUT2D eigenvalue weighted by molar-refractivity contribution is 1.34. The molecule has 0 unspecified atom stereocenters. The van der Waals surface area contributed by atoms with Gasteiger partial charge in [-0.1, -0.05) is 85.5 Å². The molecule has 0 aliphatic carbocycles. The molecule has 0 saturated heterocycles. The molecule has 0 N–H and O–H groups in total. The Morgan fingerprint density at radius 2 is 1.00 bits per heavy atom. The maximum absolute atomic E-state index is 3.36. The topological polar surface area (TPSA) is 0 Å². The number of benzene rings is 2. The SMILES string of the molecule is C=CC=C.Cc1ccccc1.Cc1ccccc1C. The number of rotatable bonds is 1. The van der Waals surface area contributed by atoms with Gasteiger partial charge in [0.2, 0.25) is 0 Å². The third kappa shape index (κ3) is 9.61. The van der Waals surface area contributed by atoms with Crippen molar-refractivity contribution in [2.45, 2.75) is 20.8 Å². The fourth-order valence-corrected chi connectivity index (χ4v) is 1.20. The van der Waals surface area contributed by atoms with Crippen LogP contribution in [0.2, 0.25) is 0 Å². The van der Waals surface area contributed by atoms with E-state index in [9.17, 15) is 0 Å². The van der Waals surface area contributed by atoms with Crippen molar-refractivity contribution in [3.8, 4) is 0 Å². The first kappa shape index (κ1) is 16.9. The molecule has 100 valence electrons. The van der Waals surface area contributed by atoms with Crippen molar-refractivity contribution in [1.29, 1.82) is 0 Å². The predicted molar refractivity (Wildman–Crippen MR) is 87.5 cm³/mol. The summed E-state index contributed by atoms with van der Waals surface area (Å²) in [6.45, 7) is 13.0. The molecule has 0 radical (unpaired) electrons. The lowest BCUT2D eigenvalue weighted by Gasteiger charge is -1.93. The van der Waals surface area contributed by atoms with Crippen LogP contribution in [0.3, 0.4) is 0 Å². The van der Waals surface area contributed by atoms with Gasteiger partial charge in [0, 0.05) is 0 Å². The van der Waals surface area contributed by atoms with Gasteiger partial charge in [-0.25, -0.2) is 0 Å². The van der Waals surface area contributed by atoms with E-state index in [4.69, 9.17) is 0 Å². The van der Waals surface area contributed by atoms with Gasteiger partial charge in [0.15, 0.2) is 0 Å². The summed E-state index contributed by atoms with van der Waals surface area (Å²) in [5.74, 6) is 0. The van der Waals surface area contributed by atoms with Crippen molar-refractivity contribution in [2.75, 3.05) is 0 Å². The summed E-state index contributed by atoms with van der Waals surface area (Å²) in [5.41, 5.74) is 4.06. The Hall–Kier alpha value is -2.08. The van der Waals surface area contributed by atoms with Gasteiger partial charge in [0.1, 0.15) is 0 Å². The molecule has 0 atom stereocenters. The number of hydrogen-bond acceptors (Lipinski definition) is 0. The highest BCUT2D eigenvalue weighted by atomic mass is 13.9. The minimum atomic E-state index is 1.32. The summed E-state index contributed by atoms with van der Waals surface area (Å²) in [5, 5.41) is 0. The van der Waals surface area contributed by atoms with Crippen LogP contribution in [0.1, 0.15) is 16.7 Å². The zero-order valence-corrected chi connectivity index (χ0v) is 12.3. The maximum atomic E-state index is 3.36. The molecule has 0 heterocycles. The van der Waals surface area contributed by atoms with Crippen LogP contribution >= 0.6 is 0 Å². The van der Waals surface area contributed by atoms with Crippen LogP contribution in [0.15, 0.2) is 79.9 Å². The third-order valence-electron chi connectivity index (χ3n) is 2.53. The molecular formula is C19H24. The molecule has 0 aromatic heterocycles. The van der Waals surface area contributed by atoms with Crippen LogP contribution in [0.5, 0.6) is 0 Å². The fraction of sp³-hybridized carbons (Fsp3) is 0.158. The molecule has 0 aliphatic heterocycles. The van der Waals surface area contributed by atoms with E-state index in [2.05, 4.69) is 70.3 Å². The van der Waals surface area contributed by atoms with E-state index in [1.165, 1.54) is 16.7 Å². The molecule has 0 heteroatoms. The van der Waals surface area contributed by atoms with Crippen LogP contribution in [0.4, 0.5) is 0 Å². The van der Waals surface area contributed by atoms with Crippen LogP contribution in [-0.2, 0) is 0 Å². The monoisotopic (exact) mass is 252 g/mol. The van der Waals surface area contributed by atoms with E-state index in [0.29, 0.717) is 0 Å². The van der Waals surface area contributed by atoms with E-state index in [1.54, 1.807) is 12.2 Å². The van der Waals surface area contributed by atoms with Crippen molar-refractivity contribution in [3.63, 3.8) is 0 Å². The van der Waals surface area contributed by atoms with Gasteiger partial charge in [-0.3, -0.25) is 0 Å². The summed E-state index contributed by atoms with van der Waals surface area (Å²) in [6.07, 6.45) is 3.28. The van der Waals surface area contributed by atoms with Crippen LogP contribution < -0.4 is 0 Å². The van der Waals surface area contributed by atoms with E-state index in [-0.39, 0.29) is 0 Å². The quantitative estimate of drug-likeness (QED) is 0.575. The van der Waals surface area contributed by atoms with Crippen molar-refractivity contribution in [2.24, 2.45) is 0 Å². The molecule has 0 amide bonds. The molecule has 0 spiro atoms. The highest BCUT2D eigenvalue weighted by molar-refractivity contribution is 5.23. The molecule has 0 saturated carbocycles. The maximum Gasteiger partial charge on any atom is -0.0395 e. The average Bonchev–Trinajstić information content (AvgIpc) is 2.44. The minimum Gasteiger partial charge on any atom is -0.0991 e. The Morgan fingerprint density at radius 3 is 1.21 bits per heavy atom. The molecule has 0 fully saturated rings. The zero-order chi connectivity index (χ0) is 14.5. The minimum absolute atomic E-state index is 1.32. The first-order valence-corrected chi connectivity index (χ1v) is 6.39. The normalized spacial score (nSPS) is 8.16. The summed E-state index contributed by atoms with van der Waals surface area (Å²) in [4.78, 5) is 0. The standard InChI is InChI=1S/C8H10.C7H8.C4H6/c1-7-5-3-4-6-8(7)2;1-7-5-3-2-4-6-7;1-3-4-2/h3-6H,1-2H3;2-6H,1H3;3-4H,1-2H2. The second kappa shape index (κ2) is 11.0. The van der Waals surface area contributed by atoms with Crippen LogP contribution in [0, 0.1) is 20.8 Å². The molecule has 2 rings (SSSR count). The van der Waals surface area contributed by atoms with E-state index < -0.39 is 0 Å². The first-order valence-electron chi connectivity index (χ1n) is 6.39. The number of hydrogen-bond donors (Lipinski definition) is 0. The Morgan fingerprint density at radius 1 is 0.632 bits per heavy atom. The van der Waals surface area contributed by atoms with Gasteiger partial charge < -0.3 is 0 Å². The first-order chi connectivity index (χ1) is 9.11. The molecule has 19 heavy (non-hydrogen) atoms. The molecule has 0 aliphatic rings. The van der Waals surface area contributed by atoms with Crippen molar-refractivity contribution >= 4 is 0 Å². The fourth-order valence-electron chi connectivity index (χ4n) is 1.20. The molecule has 0 nitrogen and oxygen atoms in total. The lowest BCUT2D eigenvalue weighted by Crippen LogP contribution is -1.74. The Bertz CT molecular complexity index is 439. The zero-order valence-electron chi connectivity index (χ0n) is 12.3. The summed E-state index contributed by atoms with van der Waals surface area (Å²) < 4.78 is 0. The summed E-state index contributed by atoms with van der Waals surface area (Å²) in [7, 11) is 0. The van der Waals surface area contributed by atoms with Gasteiger partial charge in [-0.05, 0) is 31.9 Å². The van der Waals surface area contributed by atoms with E-state index in [0.717, 1.165) is 0 Å². The Labute approximate surface area is 118 Å². The highest BCUT2D eigenvalue weighted by Crippen LogP contribution is 2.02. The van der Waals surface area contributed by atoms with Gasteiger partial charge in [-0.15, -0.1) is 0 Å². The van der Waals surface area contributed by atoms with Crippen LogP contribution in [0.25, 0.3) is 0 Å². The molecule has 2 aromatic rings. The van der Waals surface area contributed by atoms with Crippen molar-refractivity contribution in [3.05, 3.63) is 96.6 Å². The van der Waals surface area contributed by atoms with Crippen molar-refractivity contribution < 1.29 is 0 Å². The predicted octanol–water partition coefficient (Wildman–Crippen LogP) is 5.66. The second-order valence-corrected chi connectivity index (χ2v) is 4.21.